The number of hydrogen-bond donors (Lipinski definition) is 2. The minimum atomic E-state index is -1.23. The molecule has 0 saturated heterocycles. The van der Waals surface area contributed by atoms with E-state index in [1.807, 2.05) is 12.1 Å². The van der Waals surface area contributed by atoms with E-state index < -0.39 is 17.5 Å². The van der Waals surface area contributed by atoms with E-state index in [2.05, 4.69) is 0 Å². The average Bonchev–Trinajstić information content (AvgIpc) is 3.01. The van der Waals surface area contributed by atoms with Crippen LogP contribution >= 0.6 is 0 Å². The molecule has 7 heteroatoms. The summed E-state index contributed by atoms with van der Waals surface area (Å²) in [7, 11) is 0. The number of benzene rings is 3. The summed E-state index contributed by atoms with van der Waals surface area (Å²) in [5.74, 6) is 0.0849. The lowest BCUT2D eigenvalue weighted by atomic mass is 9.77. The van der Waals surface area contributed by atoms with Crippen LogP contribution in [0.25, 0.3) is 0 Å². The van der Waals surface area contributed by atoms with E-state index in [-0.39, 0.29) is 24.5 Å². The van der Waals surface area contributed by atoms with Crippen LogP contribution in [-0.4, -0.2) is 23.6 Å². The maximum Gasteiger partial charge on any atom is 0.340 e. The molecule has 0 fully saturated rings. The van der Waals surface area contributed by atoms with Gasteiger partial charge in [0, 0.05) is 35.4 Å². The van der Waals surface area contributed by atoms with Crippen LogP contribution in [0.2, 0.25) is 0 Å². The lowest BCUT2D eigenvalue weighted by molar-refractivity contribution is -0.134. The van der Waals surface area contributed by atoms with Gasteiger partial charge < -0.3 is 25.1 Å². The molecule has 1 spiro atoms. The van der Waals surface area contributed by atoms with Crippen molar-refractivity contribution in [2.75, 3.05) is 6.54 Å². The minimum absolute atomic E-state index is 0.00971. The fraction of sp³-hybridized carbons (Fsp3) is 0.130. The first kappa shape index (κ1) is 18.2. The van der Waals surface area contributed by atoms with Gasteiger partial charge >= 0.3 is 11.9 Å². The summed E-state index contributed by atoms with van der Waals surface area (Å²) in [5.41, 5.74) is 6.50. The molecule has 0 aliphatic carbocycles. The molecule has 2 aliphatic rings. The van der Waals surface area contributed by atoms with E-state index in [4.69, 9.17) is 19.9 Å². The Kier molecular flexibility index (Phi) is 4.01. The lowest BCUT2D eigenvalue weighted by Crippen LogP contribution is -2.33. The number of aromatic hydroxyl groups is 1. The topological polar surface area (TPSA) is 108 Å². The Morgan fingerprint density at radius 3 is 2.53 bits per heavy atom. The number of phenolic OH excluding ortho intramolecular Hbond substituents is 1. The van der Waals surface area contributed by atoms with Crippen molar-refractivity contribution in [1.82, 2.24) is 0 Å². The fourth-order valence-corrected chi connectivity index (χ4v) is 4.01. The van der Waals surface area contributed by atoms with Crippen LogP contribution in [-0.2, 0) is 15.1 Å². The van der Waals surface area contributed by atoms with Crippen molar-refractivity contribution in [3.8, 4) is 23.0 Å². The third-order valence-corrected chi connectivity index (χ3v) is 5.25. The Labute approximate surface area is 171 Å². The van der Waals surface area contributed by atoms with Gasteiger partial charge in [0.15, 0.2) is 5.60 Å². The molecule has 0 aromatic heterocycles. The van der Waals surface area contributed by atoms with Crippen molar-refractivity contribution in [2.45, 2.75) is 12.0 Å². The zero-order valence-corrected chi connectivity index (χ0v) is 15.8. The number of ether oxygens (including phenoxy) is 3. The van der Waals surface area contributed by atoms with E-state index in [0.29, 0.717) is 33.8 Å². The molecule has 1 atom stereocenters. The normalized spacial score (nSPS) is 18.1. The molecule has 3 N–H and O–H groups in total. The Balaban J connectivity index is 1.72. The second-order valence-corrected chi connectivity index (χ2v) is 7.07. The molecule has 0 bridgehead atoms. The molecule has 0 amide bonds. The largest absolute Gasteiger partial charge is 0.508 e. The summed E-state index contributed by atoms with van der Waals surface area (Å²) in [6, 6.07) is 16.7. The molecule has 3 aromatic carbocycles. The first-order valence-electron chi connectivity index (χ1n) is 9.42. The number of esters is 2. The summed E-state index contributed by atoms with van der Waals surface area (Å²) in [4.78, 5) is 24.6. The number of carbonyl (C=O) groups is 2. The highest BCUT2D eigenvalue weighted by atomic mass is 16.6. The smallest absolute Gasteiger partial charge is 0.340 e. The minimum Gasteiger partial charge on any atom is -0.508 e. The summed E-state index contributed by atoms with van der Waals surface area (Å²) in [6.45, 7) is 0.183. The molecule has 3 aromatic rings. The van der Waals surface area contributed by atoms with E-state index in [0.717, 1.165) is 0 Å². The fourth-order valence-electron chi connectivity index (χ4n) is 4.01. The molecule has 2 aliphatic heterocycles. The highest BCUT2D eigenvalue weighted by Crippen LogP contribution is 2.56. The van der Waals surface area contributed by atoms with E-state index in [1.165, 1.54) is 12.1 Å². The second kappa shape index (κ2) is 6.60. The van der Waals surface area contributed by atoms with Crippen LogP contribution in [0.15, 0.2) is 60.7 Å². The molecule has 30 heavy (non-hydrogen) atoms. The van der Waals surface area contributed by atoms with Crippen LogP contribution < -0.4 is 15.2 Å². The van der Waals surface area contributed by atoms with Gasteiger partial charge in [-0.05, 0) is 30.3 Å². The van der Waals surface area contributed by atoms with Gasteiger partial charge in [-0.3, -0.25) is 4.79 Å². The first-order chi connectivity index (χ1) is 14.5. The standard InChI is InChI=1S/C23H17NO6/c24-10-9-21(26)28-14-6-8-18-20(12-14)29-19-11-13(25)5-7-17(19)23(18)16-4-2-1-3-15(16)22(27)30-23/h1-8,11-12,25H,9-10,24H2. The molecule has 1 unspecified atom stereocenters. The van der Waals surface area contributed by atoms with Gasteiger partial charge in [0.25, 0.3) is 0 Å². The van der Waals surface area contributed by atoms with E-state index >= 15 is 0 Å². The molecule has 5 rings (SSSR count). The molecular weight excluding hydrogens is 386 g/mol. The van der Waals surface area contributed by atoms with Crippen LogP contribution in [0.1, 0.15) is 33.5 Å². The van der Waals surface area contributed by atoms with E-state index in [1.54, 1.807) is 36.4 Å². The molecule has 0 saturated carbocycles. The van der Waals surface area contributed by atoms with Crippen molar-refractivity contribution < 1.29 is 28.9 Å². The molecule has 2 heterocycles. The highest BCUT2D eigenvalue weighted by Gasteiger charge is 2.53. The van der Waals surface area contributed by atoms with Crippen LogP contribution in [0.3, 0.4) is 0 Å². The summed E-state index contributed by atoms with van der Waals surface area (Å²) in [5, 5.41) is 9.98. The van der Waals surface area contributed by atoms with Gasteiger partial charge in [-0.15, -0.1) is 0 Å². The quantitative estimate of drug-likeness (QED) is 0.511. The Morgan fingerprint density at radius 2 is 1.73 bits per heavy atom. The number of fused-ring (bicyclic) bond motifs is 6. The highest BCUT2D eigenvalue weighted by molar-refractivity contribution is 5.97. The molecule has 0 radical (unpaired) electrons. The Hall–Kier alpha value is -3.84. The van der Waals surface area contributed by atoms with Crippen LogP contribution in [0.4, 0.5) is 0 Å². The first-order valence-corrected chi connectivity index (χ1v) is 9.42. The van der Waals surface area contributed by atoms with Crippen molar-refractivity contribution in [1.29, 1.82) is 0 Å². The second-order valence-electron chi connectivity index (χ2n) is 7.07. The monoisotopic (exact) mass is 403 g/mol. The average molecular weight is 403 g/mol. The van der Waals surface area contributed by atoms with Crippen molar-refractivity contribution in [3.63, 3.8) is 0 Å². The zero-order chi connectivity index (χ0) is 20.9. The number of hydrogen-bond acceptors (Lipinski definition) is 7. The molecule has 7 nitrogen and oxygen atoms in total. The maximum atomic E-state index is 12.7. The number of carbonyl (C=O) groups excluding carboxylic acids is 2. The summed E-state index contributed by atoms with van der Waals surface area (Å²) >= 11 is 0. The maximum absolute atomic E-state index is 12.7. The van der Waals surface area contributed by atoms with Crippen molar-refractivity contribution in [3.05, 3.63) is 82.9 Å². The SMILES string of the molecule is NCCC(=O)Oc1ccc2c(c1)Oc1cc(O)ccc1C21OC(=O)c2ccccc21. The van der Waals surface area contributed by atoms with Crippen LogP contribution in [0, 0.1) is 0 Å². The zero-order valence-electron chi connectivity index (χ0n) is 15.8. The van der Waals surface area contributed by atoms with Crippen molar-refractivity contribution in [2.24, 2.45) is 5.73 Å². The lowest BCUT2D eigenvalue weighted by Gasteiger charge is -2.36. The van der Waals surface area contributed by atoms with Crippen LogP contribution in [0.5, 0.6) is 23.0 Å². The Morgan fingerprint density at radius 1 is 1.00 bits per heavy atom. The summed E-state index contributed by atoms with van der Waals surface area (Å²) < 4.78 is 17.3. The number of rotatable bonds is 3. The number of nitrogens with two attached hydrogens (primary N) is 1. The number of phenols is 1. The third-order valence-electron chi connectivity index (χ3n) is 5.25. The predicted octanol–water partition coefficient (Wildman–Crippen LogP) is 3.21. The van der Waals surface area contributed by atoms with E-state index in [9.17, 15) is 14.7 Å². The molecular formula is C23H17NO6. The Bertz CT molecular complexity index is 1200. The van der Waals surface area contributed by atoms with Gasteiger partial charge in [0.05, 0.1) is 12.0 Å². The predicted molar refractivity (Wildman–Crippen MR) is 106 cm³/mol. The third kappa shape index (κ3) is 2.56. The van der Waals surface area contributed by atoms with Gasteiger partial charge in [-0.25, -0.2) is 4.79 Å². The van der Waals surface area contributed by atoms with Gasteiger partial charge in [-0.2, -0.15) is 0 Å². The van der Waals surface area contributed by atoms with Crippen molar-refractivity contribution >= 4 is 11.9 Å². The van der Waals surface area contributed by atoms with Gasteiger partial charge in [0.1, 0.15) is 23.0 Å². The molecule has 150 valence electrons. The summed E-state index contributed by atoms with van der Waals surface area (Å²) in [6.07, 6.45) is 0.0869. The van der Waals surface area contributed by atoms with Gasteiger partial charge in [-0.1, -0.05) is 18.2 Å². The van der Waals surface area contributed by atoms with Gasteiger partial charge in [0.2, 0.25) is 0 Å².